The van der Waals surface area contributed by atoms with Crippen molar-refractivity contribution >= 4 is 43.4 Å². The fraction of sp³-hybridized carbons (Fsp3) is 0.500. The molecule has 16 nitrogen and oxygen atoms in total. The number of non-ortho nitro benzene ring substituents is 2. The number of sulfonamides is 2. The first-order chi connectivity index (χ1) is 20.9. The highest BCUT2D eigenvalue weighted by Crippen LogP contribution is 2.26. The Kier molecular flexibility index (Phi) is 13.9. The number of hydrogen-bond donors (Lipinski definition) is 2. The lowest BCUT2D eigenvalue weighted by atomic mass is 9.85. The van der Waals surface area contributed by atoms with Gasteiger partial charge in [-0.2, -0.15) is 0 Å². The smallest absolute Gasteiger partial charge is 0.307 e. The summed E-state index contributed by atoms with van der Waals surface area (Å²) >= 11 is 0. The summed E-state index contributed by atoms with van der Waals surface area (Å²) in [6, 6.07) is 7.68. The molecule has 46 heavy (non-hydrogen) atoms. The van der Waals surface area contributed by atoms with Crippen LogP contribution in [0.4, 0.5) is 11.4 Å². The van der Waals surface area contributed by atoms with Crippen molar-refractivity contribution in [2.24, 2.45) is 10.8 Å². The third-order valence-electron chi connectivity index (χ3n) is 6.60. The van der Waals surface area contributed by atoms with Crippen molar-refractivity contribution in [1.29, 1.82) is 0 Å². The second kappa shape index (κ2) is 16.0. The average Bonchev–Trinajstić information content (AvgIpc) is 2.95. The highest BCUT2D eigenvalue weighted by atomic mass is 32.2. The Balaban J connectivity index is 0.000000460. The normalized spacial score (nSPS) is 13.4. The van der Waals surface area contributed by atoms with Crippen LogP contribution >= 0.6 is 0 Å². The number of carbonyl (C=O) groups is 2. The Morgan fingerprint density at radius 1 is 0.652 bits per heavy atom. The Morgan fingerprint density at radius 2 is 0.913 bits per heavy atom. The van der Waals surface area contributed by atoms with Crippen molar-refractivity contribution < 1.29 is 45.7 Å². The molecule has 0 amide bonds. The van der Waals surface area contributed by atoms with E-state index in [1.165, 1.54) is 14.2 Å². The second-order valence-electron chi connectivity index (χ2n) is 12.1. The number of nitro groups is 2. The van der Waals surface area contributed by atoms with E-state index in [0.29, 0.717) is 0 Å². The number of nitrogens with zero attached hydrogens (tertiary/aromatic N) is 2. The number of methoxy groups -OCH3 is 2. The van der Waals surface area contributed by atoms with Crippen LogP contribution in [-0.2, 0) is 39.1 Å². The second-order valence-corrected chi connectivity index (χ2v) is 15.6. The number of benzene rings is 2. The number of hydrogen-bond acceptors (Lipinski definition) is 12. The lowest BCUT2D eigenvalue weighted by Crippen LogP contribution is -2.45. The van der Waals surface area contributed by atoms with Gasteiger partial charge < -0.3 is 9.47 Å². The quantitative estimate of drug-likeness (QED) is 0.185. The van der Waals surface area contributed by atoms with Gasteiger partial charge >= 0.3 is 11.9 Å². The molecule has 0 aliphatic carbocycles. The van der Waals surface area contributed by atoms with Crippen LogP contribution in [0.5, 0.6) is 0 Å². The first-order valence-corrected chi connectivity index (χ1v) is 16.6. The van der Waals surface area contributed by atoms with E-state index < -0.39 is 64.7 Å². The van der Waals surface area contributed by atoms with E-state index in [-0.39, 0.29) is 34.0 Å². The number of nitro benzene ring substituents is 2. The third kappa shape index (κ3) is 12.4. The summed E-state index contributed by atoms with van der Waals surface area (Å²) < 4.78 is 63.7. The molecule has 0 aliphatic heterocycles. The lowest BCUT2D eigenvalue weighted by Gasteiger charge is -2.30. The summed E-state index contributed by atoms with van der Waals surface area (Å²) in [5, 5.41) is 21.2. The number of rotatable bonds is 12. The van der Waals surface area contributed by atoms with E-state index in [9.17, 15) is 46.7 Å². The van der Waals surface area contributed by atoms with Gasteiger partial charge in [-0.25, -0.2) is 26.3 Å². The SMILES string of the molecule is COC(=O)C[C@H](NS(=O)(=O)c1ccc([N+](=O)[O-])cc1)C(C)(C)C.COC(=O)C[C@H](NS(=O)(=O)c1ccc([N+](=O)[O-])cc1)C(C)(C)C. The molecule has 256 valence electrons. The summed E-state index contributed by atoms with van der Waals surface area (Å²) in [5.74, 6) is -1.06. The van der Waals surface area contributed by atoms with Gasteiger partial charge in [0.25, 0.3) is 11.4 Å². The summed E-state index contributed by atoms with van der Waals surface area (Å²) in [6.07, 6.45) is -0.238. The molecule has 2 rings (SSSR count). The van der Waals surface area contributed by atoms with Crippen molar-refractivity contribution in [3.05, 3.63) is 68.8 Å². The zero-order valence-electron chi connectivity index (χ0n) is 26.8. The van der Waals surface area contributed by atoms with Gasteiger partial charge in [-0.05, 0) is 35.1 Å². The molecular weight excluding hydrogens is 648 g/mol. The number of nitrogens with one attached hydrogen (secondary N) is 2. The van der Waals surface area contributed by atoms with E-state index >= 15 is 0 Å². The molecule has 0 aromatic heterocycles. The molecule has 18 heteroatoms. The maximum Gasteiger partial charge on any atom is 0.307 e. The minimum Gasteiger partial charge on any atom is -0.469 e. The van der Waals surface area contributed by atoms with Crippen molar-refractivity contribution in [3.63, 3.8) is 0 Å². The highest BCUT2D eigenvalue weighted by molar-refractivity contribution is 7.89. The van der Waals surface area contributed by atoms with Gasteiger partial charge in [0.15, 0.2) is 0 Å². The fourth-order valence-corrected chi connectivity index (χ4v) is 6.44. The Hall–Kier alpha value is -4.00. The molecular formula is C28H40N4O12S2. The van der Waals surface area contributed by atoms with Gasteiger partial charge in [0, 0.05) is 36.3 Å². The summed E-state index contributed by atoms with van der Waals surface area (Å²) in [5.41, 5.74) is -1.46. The monoisotopic (exact) mass is 688 g/mol. The van der Waals surface area contributed by atoms with Gasteiger partial charge in [0.2, 0.25) is 20.0 Å². The van der Waals surface area contributed by atoms with Crippen LogP contribution in [0.2, 0.25) is 0 Å². The molecule has 2 atom stereocenters. The summed E-state index contributed by atoms with van der Waals surface area (Å²) in [4.78, 5) is 42.7. The van der Waals surface area contributed by atoms with E-state index in [2.05, 4.69) is 18.9 Å². The van der Waals surface area contributed by atoms with Crippen LogP contribution in [0.3, 0.4) is 0 Å². The Morgan fingerprint density at radius 3 is 1.11 bits per heavy atom. The van der Waals surface area contributed by atoms with E-state index in [1.54, 1.807) is 41.5 Å². The molecule has 2 N–H and O–H groups in total. The zero-order valence-corrected chi connectivity index (χ0v) is 28.4. The van der Waals surface area contributed by atoms with Crippen molar-refractivity contribution in [3.8, 4) is 0 Å². The molecule has 0 spiro atoms. The third-order valence-corrected chi connectivity index (χ3v) is 9.57. The molecule has 0 unspecified atom stereocenters. The number of esters is 2. The van der Waals surface area contributed by atoms with Gasteiger partial charge in [0.1, 0.15) is 0 Å². The molecule has 0 saturated heterocycles. The summed E-state index contributed by atoms with van der Waals surface area (Å²) in [6.45, 7) is 10.7. The largest absolute Gasteiger partial charge is 0.469 e. The van der Waals surface area contributed by atoms with E-state index in [0.717, 1.165) is 48.5 Å². The predicted octanol–water partition coefficient (Wildman–Crippen LogP) is 3.70. The van der Waals surface area contributed by atoms with E-state index in [1.807, 2.05) is 0 Å². The number of carbonyl (C=O) groups excluding carboxylic acids is 2. The zero-order chi connectivity index (χ0) is 35.7. The summed E-state index contributed by atoms with van der Waals surface area (Å²) in [7, 11) is -5.38. The van der Waals surface area contributed by atoms with Crippen molar-refractivity contribution in [1.82, 2.24) is 9.44 Å². The predicted molar refractivity (Wildman–Crippen MR) is 167 cm³/mol. The van der Waals surface area contributed by atoms with Crippen molar-refractivity contribution in [2.45, 2.75) is 76.3 Å². The maximum absolute atomic E-state index is 12.4. The molecule has 0 radical (unpaired) electrons. The van der Waals surface area contributed by atoms with Crippen molar-refractivity contribution in [2.75, 3.05) is 14.2 Å². The molecule has 0 heterocycles. The molecule has 0 aliphatic rings. The number of ether oxygens (including phenoxy) is 2. The van der Waals surface area contributed by atoms with Gasteiger partial charge in [-0.3, -0.25) is 29.8 Å². The minimum absolute atomic E-state index is 0.109. The topological polar surface area (TPSA) is 231 Å². The molecule has 2 aromatic rings. The Labute approximate surface area is 268 Å². The van der Waals surface area contributed by atoms with E-state index in [4.69, 9.17) is 0 Å². The first kappa shape index (κ1) is 40.0. The van der Waals surface area contributed by atoms with Crippen LogP contribution in [-0.4, -0.2) is 64.9 Å². The lowest BCUT2D eigenvalue weighted by molar-refractivity contribution is -0.385. The van der Waals surface area contributed by atoms with Crippen LogP contribution in [0.1, 0.15) is 54.4 Å². The van der Waals surface area contributed by atoms with Gasteiger partial charge in [0.05, 0.1) is 46.7 Å². The van der Waals surface area contributed by atoms with Crippen LogP contribution in [0, 0.1) is 31.1 Å². The Bertz CT molecular complexity index is 1470. The molecule has 0 saturated carbocycles. The van der Waals surface area contributed by atoms with Gasteiger partial charge in [-0.1, -0.05) is 41.5 Å². The average molecular weight is 689 g/mol. The maximum atomic E-state index is 12.4. The van der Waals surface area contributed by atoms with Crippen LogP contribution in [0.25, 0.3) is 0 Å². The fourth-order valence-electron chi connectivity index (χ4n) is 3.55. The highest BCUT2D eigenvalue weighted by Gasteiger charge is 2.33. The standard InChI is InChI=1S/2C14H20N2O6S/c2*1-14(2,3)12(9-13(17)22-4)15-23(20,21)11-7-5-10(6-8-11)16(18)19/h2*5-8,12,15H,9H2,1-4H3/t2*12-/m00/s1. The molecule has 0 bridgehead atoms. The van der Waals surface area contributed by atoms with Gasteiger partial charge in [-0.15, -0.1) is 0 Å². The molecule has 0 fully saturated rings. The van der Waals surface area contributed by atoms with Crippen LogP contribution in [0.15, 0.2) is 58.3 Å². The minimum atomic E-state index is -3.92. The first-order valence-electron chi connectivity index (χ1n) is 13.6. The molecule has 2 aromatic carbocycles. The van der Waals surface area contributed by atoms with Crippen LogP contribution < -0.4 is 9.44 Å².